The Labute approximate surface area is 120 Å². The van der Waals surface area contributed by atoms with Gasteiger partial charge in [-0.25, -0.2) is 0 Å². The molecular weight excluding hydrogens is 397 g/mol. The number of hydrogen-bond acceptors (Lipinski definition) is 2. The third-order valence-electron chi connectivity index (χ3n) is 2.12. The summed E-state index contributed by atoms with van der Waals surface area (Å²) in [6.45, 7) is 1.88. The molecule has 6 heteroatoms. The van der Waals surface area contributed by atoms with E-state index >= 15 is 0 Å². The number of hydrogen-bond donors (Lipinski definition) is 2. The Kier molecular flexibility index (Phi) is 3.82. The Balaban J connectivity index is 2.22. The molecule has 1 aromatic heterocycles. The largest absolute Gasteiger partial charge is 0.305 e. The average molecular weight is 406 g/mol. The summed E-state index contributed by atoms with van der Waals surface area (Å²) in [5, 5.41) is 9.48. The fourth-order valence-corrected chi connectivity index (χ4v) is 2.28. The molecule has 0 radical (unpaired) electrons. The first-order valence-corrected chi connectivity index (χ1v) is 6.72. The first-order chi connectivity index (χ1) is 8.06. The lowest BCUT2D eigenvalue weighted by molar-refractivity contribution is 0.102. The molecule has 1 heterocycles. The Morgan fingerprint density at radius 1 is 1.47 bits per heavy atom. The first-order valence-electron chi connectivity index (χ1n) is 4.84. The van der Waals surface area contributed by atoms with Crippen molar-refractivity contribution in [1.29, 1.82) is 0 Å². The van der Waals surface area contributed by atoms with Gasteiger partial charge in [0.1, 0.15) is 0 Å². The van der Waals surface area contributed by atoms with Gasteiger partial charge < -0.3 is 5.32 Å². The van der Waals surface area contributed by atoms with Crippen molar-refractivity contribution in [2.45, 2.75) is 6.92 Å². The molecule has 88 valence electrons. The molecule has 0 unspecified atom stereocenters. The first kappa shape index (κ1) is 12.6. The molecule has 0 fully saturated rings. The van der Waals surface area contributed by atoms with Crippen LogP contribution in [-0.4, -0.2) is 16.1 Å². The number of benzene rings is 1. The minimum Gasteiger partial charge on any atom is -0.305 e. The molecule has 2 N–H and O–H groups in total. The van der Waals surface area contributed by atoms with Gasteiger partial charge in [0.05, 0.1) is 5.56 Å². The average Bonchev–Trinajstić information content (AvgIpc) is 2.67. The van der Waals surface area contributed by atoms with Gasteiger partial charge in [-0.05, 0) is 47.7 Å². The SMILES string of the molecule is Cc1cc(NC(=O)c2cc(Br)ccc2I)n[nH]1. The van der Waals surface area contributed by atoms with Gasteiger partial charge in [0, 0.05) is 19.8 Å². The lowest BCUT2D eigenvalue weighted by Gasteiger charge is -2.04. The van der Waals surface area contributed by atoms with Gasteiger partial charge in [0.2, 0.25) is 0 Å². The molecule has 1 aromatic carbocycles. The van der Waals surface area contributed by atoms with E-state index in [4.69, 9.17) is 0 Å². The normalized spacial score (nSPS) is 10.3. The second kappa shape index (κ2) is 5.18. The van der Waals surface area contributed by atoms with Crippen LogP contribution in [0.2, 0.25) is 0 Å². The van der Waals surface area contributed by atoms with Gasteiger partial charge in [-0.1, -0.05) is 15.9 Å². The Morgan fingerprint density at radius 2 is 2.24 bits per heavy atom. The Morgan fingerprint density at radius 3 is 2.88 bits per heavy atom. The summed E-state index contributed by atoms with van der Waals surface area (Å²) in [4.78, 5) is 12.0. The third-order valence-corrected chi connectivity index (χ3v) is 3.55. The molecule has 0 saturated heterocycles. The molecular formula is C11H9BrIN3O. The number of carbonyl (C=O) groups excluding carboxylic acids is 1. The molecule has 0 aliphatic heterocycles. The number of nitrogens with one attached hydrogen (secondary N) is 2. The number of halogens is 2. The third kappa shape index (κ3) is 3.06. The predicted molar refractivity (Wildman–Crippen MR) is 78.1 cm³/mol. The van der Waals surface area contributed by atoms with Crippen molar-refractivity contribution in [1.82, 2.24) is 10.2 Å². The van der Waals surface area contributed by atoms with Gasteiger partial charge in [0.15, 0.2) is 5.82 Å². The van der Waals surface area contributed by atoms with Crippen LogP contribution in [0.3, 0.4) is 0 Å². The van der Waals surface area contributed by atoms with Crippen LogP contribution >= 0.6 is 38.5 Å². The highest BCUT2D eigenvalue weighted by Crippen LogP contribution is 2.19. The quantitative estimate of drug-likeness (QED) is 0.753. The predicted octanol–water partition coefficient (Wildman–Crippen LogP) is 3.34. The smallest absolute Gasteiger partial charge is 0.257 e. The fraction of sp³-hybridized carbons (Fsp3) is 0.0909. The van der Waals surface area contributed by atoms with E-state index in [9.17, 15) is 4.79 Å². The van der Waals surface area contributed by atoms with Gasteiger partial charge in [0.25, 0.3) is 5.91 Å². The summed E-state index contributed by atoms with van der Waals surface area (Å²) in [6.07, 6.45) is 0. The lowest BCUT2D eigenvalue weighted by Crippen LogP contribution is -2.13. The van der Waals surface area contributed by atoms with Crippen LogP contribution in [0.1, 0.15) is 16.1 Å². The molecule has 0 aliphatic rings. The topological polar surface area (TPSA) is 57.8 Å². The molecule has 2 rings (SSSR count). The summed E-state index contributed by atoms with van der Waals surface area (Å²) >= 11 is 5.48. The number of aryl methyl sites for hydroxylation is 1. The second-order valence-corrected chi connectivity index (χ2v) is 5.59. The van der Waals surface area contributed by atoms with Crippen LogP contribution < -0.4 is 5.32 Å². The van der Waals surface area contributed by atoms with Crippen LogP contribution in [0.15, 0.2) is 28.7 Å². The molecule has 4 nitrogen and oxygen atoms in total. The number of nitrogens with zero attached hydrogens (tertiary/aromatic N) is 1. The zero-order valence-corrected chi connectivity index (χ0v) is 12.7. The maximum absolute atomic E-state index is 12.0. The fourth-order valence-electron chi connectivity index (χ4n) is 1.34. The summed E-state index contributed by atoms with van der Waals surface area (Å²) in [5.41, 5.74) is 1.53. The van der Waals surface area contributed by atoms with E-state index in [1.807, 2.05) is 19.1 Å². The van der Waals surface area contributed by atoms with Crippen molar-refractivity contribution in [3.8, 4) is 0 Å². The number of aromatic nitrogens is 2. The van der Waals surface area contributed by atoms with Crippen LogP contribution in [0, 0.1) is 10.5 Å². The van der Waals surface area contributed by atoms with Crippen molar-refractivity contribution in [2.24, 2.45) is 0 Å². The summed E-state index contributed by atoms with van der Waals surface area (Å²) in [7, 11) is 0. The van der Waals surface area contributed by atoms with Gasteiger partial charge in [-0.15, -0.1) is 0 Å². The Hall–Kier alpha value is -0.890. The second-order valence-electron chi connectivity index (χ2n) is 3.51. The zero-order valence-electron chi connectivity index (χ0n) is 8.92. The lowest BCUT2D eigenvalue weighted by atomic mass is 10.2. The van der Waals surface area contributed by atoms with Crippen LogP contribution in [-0.2, 0) is 0 Å². The van der Waals surface area contributed by atoms with Crippen LogP contribution in [0.25, 0.3) is 0 Å². The zero-order chi connectivity index (χ0) is 12.4. The van der Waals surface area contributed by atoms with E-state index in [2.05, 4.69) is 54.0 Å². The van der Waals surface area contributed by atoms with Crippen LogP contribution in [0.4, 0.5) is 5.82 Å². The van der Waals surface area contributed by atoms with Crippen molar-refractivity contribution in [3.05, 3.63) is 43.6 Å². The number of anilines is 1. The van der Waals surface area contributed by atoms with E-state index in [1.54, 1.807) is 12.1 Å². The highest BCUT2D eigenvalue weighted by Gasteiger charge is 2.11. The summed E-state index contributed by atoms with van der Waals surface area (Å²) in [5.74, 6) is 0.366. The van der Waals surface area contributed by atoms with Gasteiger partial charge in [-0.3, -0.25) is 9.89 Å². The summed E-state index contributed by atoms with van der Waals surface area (Å²) < 4.78 is 1.77. The molecule has 0 aliphatic carbocycles. The van der Waals surface area contributed by atoms with E-state index < -0.39 is 0 Å². The molecule has 1 amide bonds. The maximum Gasteiger partial charge on any atom is 0.257 e. The van der Waals surface area contributed by atoms with E-state index in [0.717, 1.165) is 13.7 Å². The van der Waals surface area contributed by atoms with E-state index in [1.165, 1.54) is 0 Å². The summed E-state index contributed by atoms with van der Waals surface area (Å²) in [6, 6.07) is 7.35. The van der Waals surface area contributed by atoms with Crippen LogP contribution in [0.5, 0.6) is 0 Å². The van der Waals surface area contributed by atoms with Gasteiger partial charge in [-0.2, -0.15) is 5.10 Å². The molecule has 17 heavy (non-hydrogen) atoms. The highest BCUT2D eigenvalue weighted by atomic mass is 127. The number of amides is 1. The monoisotopic (exact) mass is 405 g/mol. The minimum absolute atomic E-state index is 0.165. The molecule has 0 bridgehead atoms. The standard InChI is InChI=1S/C11H9BrIN3O/c1-6-4-10(16-15-6)14-11(17)8-5-7(12)2-3-9(8)13/h2-5H,1H3,(H2,14,15,16,17). The molecule has 2 aromatic rings. The van der Waals surface area contributed by atoms with E-state index in [-0.39, 0.29) is 5.91 Å². The highest BCUT2D eigenvalue weighted by molar-refractivity contribution is 14.1. The molecule has 0 atom stereocenters. The van der Waals surface area contributed by atoms with E-state index in [0.29, 0.717) is 11.4 Å². The maximum atomic E-state index is 12.0. The van der Waals surface area contributed by atoms with Crippen molar-refractivity contribution in [2.75, 3.05) is 5.32 Å². The van der Waals surface area contributed by atoms with Crippen molar-refractivity contribution >= 4 is 50.2 Å². The van der Waals surface area contributed by atoms with Crippen molar-refractivity contribution in [3.63, 3.8) is 0 Å². The molecule has 0 saturated carbocycles. The molecule has 0 spiro atoms. The van der Waals surface area contributed by atoms with Gasteiger partial charge >= 0.3 is 0 Å². The number of aromatic amines is 1. The van der Waals surface area contributed by atoms with Crippen molar-refractivity contribution < 1.29 is 4.79 Å². The number of rotatable bonds is 2. The number of H-pyrrole nitrogens is 1. The minimum atomic E-state index is -0.165. The number of carbonyl (C=O) groups is 1. The Bertz CT molecular complexity index is 568.